The minimum Gasteiger partial charge on any atom is -0.459 e. The van der Waals surface area contributed by atoms with Crippen LogP contribution in [0.1, 0.15) is 34.1 Å². The maximum atomic E-state index is 13.4. The Bertz CT molecular complexity index is 925. The lowest BCUT2D eigenvalue weighted by Gasteiger charge is -2.47. The van der Waals surface area contributed by atoms with Crippen molar-refractivity contribution in [1.82, 2.24) is 0 Å². The molecule has 6 aliphatic rings. The van der Waals surface area contributed by atoms with Crippen LogP contribution in [-0.4, -0.2) is 75.1 Å². The Kier molecular flexibility index (Phi) is 2.97. The van der Waals surface area contributed by atoms with Crippen molar-refractivity contribution in [1.29, 1.82) is 0 Å². The molecular formula is C20H24O10. The number of carbonyl (C=O) groups is 3. The number of fused-ring (bicyclic) bond motifs is 1. The fraction of sp³-hybridized carbons (Fsp3) is 0.850. The van der Waals surface area contributed by atoms with Crippen molar-refractivity contribution in [2.45, 2.75) is 76.0 Å². The number of hydrogen-bond acceptors (Lipinski definition) is 10. The SMILES string of the molecule is C[C@@H]1C(=O)O[C@H]2[C@H](O)[C@]34[C@H]5C[C@@H](C(C)(C)C)[C@@]36[C@H](OC(=O)[C@@H]6O)O[C@@]4(C(=O)O5)[C@@]12O. The summed E-state index contributed by atoms with van der Waals surface area (Å²) >= 11 is 0. The van der Waals surface area contributed by atoms with Crippen molar-refractivity contribution >= 4 is 17.9 Å². The van der Waals surface area contributed by atoms with Crippen LogP contribution >= 0.6 is 0 Å². The van der Waals surface area contributed by atoms with E-state index in [0.717, 1.165) is 0 Å². The first-order valence-corrected chi connectivity index (χ1v) is 10.2. The Hall–Kier alpha value is -1.75. The van der Waals surface area contributed by atoms with Gasteiger partial charge in [0.15, 0.2) is 17.8 Å². The molecule has 4 aliphatic heterocycles. The average molecular weight is 424 g/mol. The molecule has 0 aromatic rings. The molecular weight excluding hydrogens is 400 g/mol. The summed E-state index contributed by atoms with van der Waals surface area (Å²) in [5.74, 6) is -4.32. The zero-order valence-corrected chi connectivity index (χ0v) is 16.9. The number of carbonyl (C=O) groups excluding carboxylic acids is 3. The van der Waals surface area contributed by atoms with Gasteiger partial charge in [-0.05, 0) is 24.7 Å². The molecule has 4 heterocycles. The van der Waals surface area contributed by atoms with Crippen molar-refractivity contribution in [3.05, 3.63) is 0 Å². The summed E-state index contributed by atoms with van der Waals surface area (Å²) < 4.78 is 22.5. The maximum Gasteiger partial charge on any atom is 0.343 e. The van der Waals surface area contributed by atoms with Crippen LogP contribution in [0.2, 0.25) is 0 Å². The quantitative estimate of drug-likeness (QED) is 0.314. The zero-order valence-electron chi connectivity index (χ0n) is 16.9. The molecule has 164 valence electrons. The molecule has 6 fully saturated rings. The van der Waals surface area contributed by atoms with E-state index < -0.39 is 87.9 Å². The van der Waals surface area contributed by atoms with Crippen molar-refractivity contribution in [2.75, 3.05) is 0 Å². The molecule has 3 N–H and O–H groups in total. The smallest absolute Gasteiger partial charge is 0.343 e. The fourth-order valence-electron chi connectivity index (χ4n) is 8.12. The van der Waals surface area contributed by atoms with Gasteiger partial charge in [0.25, 0.3) is 0 Å². The van der Waals surface area contributed by atoms with E-state index in [9.17, 15) is 29.7 Å². The zero-order chi connectivity index (χ0) is 21.8. The Morgan fingerprint density at radius 3 is 2.33 bits per heavy atom. The van der Waals surface area contributed by atoms with E-state index in [2.05, 4.69) is 0 Å². The van der Waals surface area contributed by atoms with Gasteiger partial charge in [0.05, 0.1) is 16.7 Å². The molecule has 30 heavy (non-hydrogen) atoms. The van der Waals surface area contributed by atoms with Gasteiger partial charge >= 0.3 is 17.9 Å². The summed E-state index contributed by atoms with van der Waals surface area (Å²) in [5, 5.41) is 34.7. The minimum atomic E-state index is -2.24. The first kappa shape index (κ1) is 19.0. The molecule has 0 unspecified atom stereocenters. The van der Waals surface area contributed by atoms with Crippen LogP contribution in [0.25, 0.3) is 0 Å². The number of aliphatic hydroxyl groups is 3. The van der Waals surface area contributed by atoms with E-state index in [4.69, 9.17) is 18.9 Å². The molecule has 0 amide bonds. The number of aliphatic hydroxyl groups excluding tert-OH is 2. The molecule has 0 bridgehead atoms. The molecule has 10 heteroatoms. The highest BCUT2D eigenvalue weighted by atomic mass is 16.8. The molecule has 2 aliphatic carbocycles. The summed E-state index contributed by atoms with van der Waals surface area (Å²) in [6.45, 7) is 7.14. The van der Waals surface area contributed by atoms with Gasteiger partial charge < -0.3 is 34.3 Å². The van der Waals surface area contributed by atoms with Gasteiger partial charge in [-0.25, -0.2) is 9.59 Å². The van der Waals surface area contributed by atoms with Gasteiger partial charge in [0.2, 0.25) is 11.9 Å². The molecule has 0 radical (unpaired) electrons. The van der Waals surface area contributed by atoms with Gasteiger partial charge in [-0.1, -0.05) is 20.8 Å². The van der Waals surface area contributed by atoms with Gasteiger partial charge in [0.1, 0.15) is 12.2 Å². The van der Waals surface area contributed by atoms with E-state index in [1.165, 1.54) is 6.92 Å². The summed E-state index contributed by atoms with van der Waals surface area (Å²) in [6.07, 6.45) is -6.91. The first-order chi connectivity index (χ1) is 13.8. The van der Waals surface area contributed by atoms with E-state index in [1.807, 2.05) is 20.8 Å². The Balaban J connectivity index is 1.72. The van der Waals surface area contributed by atoms with Gasteiger partial charge in [0, 0.05) is 0 Å². The number of ether oxygens (including phenoxy) is 4. The molecule has 4 saturated heterocycles. The Labute approximate surface area is 171 Å². The summed E-state index contributed by atoms with van der Waals surface area (Å²) in [5.41, 5.74) is -8.26. The van der Waals surface area contributed by atoms with Crippen molar-refractivity contribution in [3.63, 3.8) is 0 Å². The lowest BCUT2D eigenvalue weighted by molar-refractivity contribution is -0.239. The van der Waals surface area contributed by atoms with Crippen LogP contribution in [0, 0.1) is 28.1 Å². The predicted octanol–water partition coefficient (Wildman–Crippen LogP) is -1.37. The molecule has 2 saturated carbocycles. The van der Waals surface area contributed by atoms with Crippen LogP contribution in [0.15, 0.2) is 0 Å². The monoisotopic (exact) mass is 424 g/mol. The minimum absolute atomic E-state index is 0.229. The Morgan fingerprint density at radius 1 is 1.03 bits per heavy atom. The lowest BCUT2D eigenvalue weighted by Crippen LogP contribution is -2.67. The summed E-state index contributed by atoms with van der Waals surface area (Å²) in [6, 6.07) is 0. The fourth-order valence-corrected chi connectivity index (χ4v) is 8.12. The van der Waals surface area contributed by atoms with Crippen molar-refractivity contribution in [2.24, 2.45) is 28.1 Å². The van der Waals surface area contributed by atoms with Crippen LogP contribution in [-0.2, 0) is 33.3 Å². The predicted molar refractivity (Wildman–Crippen MR) is 92.0 cm³/mol. The average Bonchev–Trinajstić information content (AvgIpc) is 3.35. The van der Waals surface area contributed by atoms with E-state index in [1.54, 1.807) is 0 Å². The second kappa shape index (κ2) is 4.69. The van der Waals surface area contributed by atoms with Gasteiger partial charge in [-0.3, -0.25) is 4.79 Å². The first-order valence-electron chi connectivity index (χ1n) is 10.2. The maximum absolute atomic E-state index is 13.4. The van der Waals surface area contributed by atoms with Crippen LogP contribution in [0.5, 0.6) is 0 Å². The van der Waals surface area contributed by atoms with Gasteiger partial charge in [-0.2, -0.15) is 0 Å². The number of esters is 3. The molecule has 10 nitrogen and oxygen atoms in total. The van der Waals surface area contributed by atoms with E-state index >= 15 is 0 Å². The summed E-state index contributed by atoms with van der Waals surface area (Å²) in [4.78, 5) is 38.2. The second-order valence-corrected chi connectivity index (χ2v) is 10.7. The van der Waals surface area contributed by atoms with Crippen LogP contribution < -0.4 is 0 Å². The van der Waals surface area contributed by atoms with Crippen LogP contribution in [0.4, 0.5) is 0 Å². The number of hydrogen-bond donors (Lipinski definition) is 3. The molecule has 11 atom stereocenters. The highest BCUT2D eigenvalue weighted by Gasteiger charge is 3.03. The highest BCUT2D eigenvalue weighted by molar-refractivity contribution is 5.94. The molecule has 0 aromatic carbocycles. The van der Waals surface area contributed by atoms with Crippen molar-refractivity contribution in [3.8, 4) is 0 Å². The molecule has 6 rings (SSSR count). The van der Waals surface area contributed by atoms with Crippen LogP contribution in [0.3, 0.4) is 0 Å². The standard InChI is InChI=1S/C20H24O10/c1-6-12(23)28-11-9(21)18-8-5-7(16(2,3)4)17(18)10(22)13(24)29-15(17)30-20(18,14(25)27-8)19(6,11)26/h6-11,15,21-22,26H,5H2,1-4H3/t6-,7+,8-,9+,10+,11+,15-,17-,18-,19-,20-/m1/s1. The highest BCUT2D eigenvalue weighted by Crippen LogP contribution is 2.84. The molecule has 0 aromatic heterocycles. The number of rotatable bonds is 0. The largest absolute Gasteiger partial charge is 0.459 e. The van der Waals surface area contributed by atoms with Gasteiger partial charge in [-0.15, -0.1) is 0 Å². The second-order valence-electron chi connectivity index (χ2n) is 10.7. The lowest BCUT2D eigenvalue weighted by atomic mass is 9.51. The third-order valence-electron chi connectivity index (χ3n) is 9.00. The third-order valence-corrected chi connectivity index (χ3v) is 9.00. The normalized spacial score (nSPS) is 60.1. The molecule has 2 spiro atoms. The topological polar surface area (TPSA) is 149 Å². The van der Waals surface area contributed by atoms with E-state index in [-0.39, 0.29) is 6.42 Å². The van der Waals surface area contributed by atoms with Crippen molar-refractivity contribution < 1.29 is 48.7 Å². The third kappa shape index (κ3) is 1.33. The summed E-state index contributed by atoms with van der Waals surface area (Å²) in [7, 11) is 0. The Morgan fingerprint density at radius 2 is 1.70 bits per heavy atom. The van der Waals surface area contributed by atoms with E-state index in [0.29, 0.717) is 0 Å².